The van der Waals surface area contributed by atoms with E-state index in [1.807, 2.05) is 0 Å². The summed E-state index contributed by atoms with van der Waals surface area (Å²) in [6.07, 6.45) is 16.0. The van der Waals surface area contributed by atoms with Crippen LogP contribution in [0, 0.1) is 11.8 Å². The summed E-state index contributed by atoms with van der Waals surface area (Å²) in [5, 5.41) is 7.37. The highest BCUT2D eigenvalue weighted by Gasteiger charge is 2.23. The molecule has 47 heavy (non-hydrogen) atoms. The molecule has 0 amide bonds. The maximum Gasteiger partial charge on any atom is 0.135 e. The Hall–Kier alpha value is -5.92. The van der Waals surface area contributed by atoms with Gasteiger partial charge in [-0.3, -0.25) is 0 Å². The molecule has 1 heterocycles. The van der Waals surface area contributed by atoms with Crippen LogP contribution in [-0.4, -0.2) is 0 Å². The Kier molecular flexibility index (Phi) is 5.77. The lowest BCUT2D eigenvalue weighted by Gasteiger charge is -2.24. The quantitative estimate of drug-likeness (QED) is 0.184. The lowest BCUT2D eigenvalue weighted by Crippen LogP contribution is -2.11. The van der Waals surface area contributed by atoms with Gasteiger partial charge in [0.1, 0.15) is 11.5 Å². The summed E-state index contributed by atoms with van der Waals surface area (Å²) in [5.41, 5.74) is 9.79. The standard InChI is InChI=1S/C46H30O/c1-2-11-31-26-33(23-22-29(31)10-1)32-14-7-15-34(27-32)44-38-16-3-5-18-40(38)45(41-19-6-4-17-39(41)44)35-24-25-36-37-20-8-12-30-13-9-21-42(46(30)37)47-43(36)28-35/h1-29,31H. The van der Waals surface area contributed by atoms with E-state index in [1.54, 1.807) is 0 Å². The van der Waals surface area contributed by atoms with Gasteiger partial charge in [0, 0.05) is 22.8 Å². The third kappa shape index (κ3) is 4.10. The minimum atomic E-state index is 0.409. The van der Waals surface area contributed by atoms with Crippen LogP contribution in [0.1, 0.15) is 5.56 Å². The van der Waals surface area contributed by atoms with Crippen LogP contribution in [0.4, 0.5) is 0 Å². The molecule has 0 fully saturated rings. The summed E-state index contributed by atoms with van der Waals surface area (Å²) >= 11 is 0. The van der Waals surface area contributed by atoms with Crippen molar-refractivity contribution in [2.75, 3.05) is 0 Å². The maximum absolute atomic E-state index is 6.61. The fourth-order valence-electron chi connectivity index (χ4n) is 7.99. The van der Waals surface area contributed by atoms with Crippen molar-refractivity contribution in [2.45, 2.75) is 0 Å². The van der Waals surface area contributed by atoms with Gasteiger partial charge in [0.15, 0.2) is 0 Å². The second-order valence-corrected chi connectivity index (χ2v) is 12.8. The van der Waals surface area contributed by atoms with Crippen molar-refractivity contribution in [2.24, 2.45) is 11.8 Å². The number of hydrogen-bond donors (Lipinski definition) is 0. The van der Waals surface area contributed by atoms with Crippen LogP contribution in [0.5, 0.6) is 11.5 Å². The Labute approximate surface area is 274 Å². The summed E-state index contributed by atoms with van der Waals surface area (Å²) in [4.78, 5) is 0. The molecule has 0 N–H and O–H groups in total. The molecule has 7 aromatic carbocycles. The van der Waals surface area contributed by atoms with Crippen molar-refractivity contribution >= 4 is 37.9 Å². The van der Waals surface area contributed by atoms with Gasteiger partial charge in [-0.05, 0) is 90.2 Å². The minimum Gasteiger partial charge on any atom is -0.456 e. The van der Waals surface area contributed by atoms with E-state index >= 15 is 0 Å². The molecule has 0 spiro atoms. The van der Waals surface area contributed by atoms with Crippen LogP contribution in [-0.2, 0) is 0 Å². The molecule has 2 atom stereocenters. The van der Waals surface area contributed by atoms with Crippen molar-refractivity contribution < 1.29 is 4.74 Å². The zero-order valence-electron chi connectivity index (χ0n) is 25.7. The highest BCUT2D eigenvalue weighted by Crippen LogP contribution is 2.50. The molecule has 0 saturated heterocycles. The molecule has 7 aromatic rings. The highest BCUT2D eigenvalue weighted by atomic mass is 16.5. The van der Waals surface area contributed by atoms with Crippen molar-refractivity contribution in [3.8, 4) is 44.9 Å². The summed E-state index contributed by atoms with van der Waals surface area (Å²) < 4.78 is 6.61. The van der Waals surface area contributed by atoms with E-state index in [0.29, 0.717) is 11.8 Å². The summed E-state index contributed by atoms with van der Waals surface area (Å²) in [5.74, 6) is 2.68. The van der Waals surface area contributed by atoms with Gasteiger partial charge in [-0.25, -0.2) is 0 Å². The van der Waals surface area contributed by atoms with Gasteiger partial charge < -0.3 is 4.74 Å². The lowest BCUT2D eigenvalue weighted by atomic mass is 9.81. The Bertz CT molecular complexity index is 2500. The first-order valence-corrected chi connectivity index (χ1v) is 16.4. The van der Waals surface area contributed by atoms with Crippen molar-refractivity contribution in [3.63, 3.8) is 0 Å². The number of allylic oxidation sites excluding steroid dienone is 8. The van der Waals surface area contributed by atoms with E-state index in [0.717, 1.165) is 22.6 Å². The smallest absolute Gasteiger partial charge is 0.135 e. The van der Waals surface area contributed by atoms with Gasteiger partial charge in [0.2, 0.25) is 0 Å². The number of benzene rings is 7. The topological polar surface area (TPSA) is 9.23 Å². The van der Waals surface area contributed by atoms with E-state index in [9.17, 15) is 0 Å². The second kappa shape index (κ2) is 10.3. The largest absolute Gasteiger partial charge is 0.456 e. The number of hydrogen-bond acceptors (Lipinski definition) is 1. The molecular weight excluding hydrogens is 569 g/mol. The zero-order chi connectivity index (χ0) is 30.9. The average molecular weight is 599 g/mol. The molecule has 2 unspecified atom stereocenters. The van der Waals surface area contributed by atoms with Crippen LogP contribution in [0.15, 0.2) is 170 Å². The molecule has 220 valence electrons. The lowest BCUT2D eigenvalue weighted by molar-refractivity contribution is 0.487. The van der Waals surface area contributed by atoms with Crippen molar-refractivity contribution in [1.82, 2.24) is 0 Å². The van der Waals surface area contributed by atoms with Crippen LogP contribution >= 0.6 is 0 Å². The van der Waals surface area contributed by atoms with Gasteiger partial charge in [-0.2, -0.15) is 0 Å². The highest BCUT2D eigenvalue weighted by molar-refractivity contribution is 6.21. The monoisotopic (exact) mass is 598 g/mol. The zero-order valence-corrected chi connectivity index (χ0v) is 25.7. The summed E-state index contributed by atoms with van der Waals surface area (Å²) in [6, 6.07) is 46.4. The van der Waals surface area contributed by atoms with Gasteiger partial charge in [-0.15, -0.1) is 0 Å². The third-order valence-electron chi connectivity index (χ3n) is 10.2. The van der Waals surface area contributed by atoms with Crippen LogP contribution < -0.4 is 4.74 Å². The third-order valence-corrected chi connectivity index (χ3v) is 10.2. The van der Waals surface area contributed by atoms with E-state index in [4.69, 9.17) is 4.74 Å². The van der Waals surface area contributed by atoms with Crippen LogP contribution in [0.25, 0.3) is 71.3 Å². The fourth-order valence-corrected chi connectivity index (χ4v) is 7.99. The Morgan fingerprint density at radius 2 is 1.09 bits per heavy atom. The van der Waals surface area contributed by atoms with E-state index in [2.05, 4.69) is 170 Å². The fraction of sp³-hybridized carbons (Fsp3) is 0.0435. The Morgan fingerprint density at radius 1 is 0.447 bits per heavy atom. The number of rotatable bonds is 3. The van der Waals surface area contributed by atoms with Gasteiger partial charge >= 0.3 is 0 Å². The number of ether oxygens (including phenoxy) is 1. The maximum atomic E-state index is 6.61. The summed E-state index contributed by atoms with van der Waals surface area (Å²) in [7, 11) is 0. The second-order valence-electron chi connectivity index (χ2n) is 12.8. The molecular formula is C46H30O. The molecule has 0 bridgehead atoms. The van der Waals surface area contributed by atoms with Crippen LogP contribution in [0.2, 0.25) is 0 Å². The first-order chi connectivity index (χ1) is 23.3. The molecule has 2 aliphatic carbocycles. The molecule has 1 aliphatic heterocycles. The Balaban J connectivity index is 1.16. The molecule has 1 heteroatoms. The minimum absolute atomic E-state index is 0.409. The SMILES string of the molecule is C1=CC2C=CC(c3cccc(-c4c5ccccc5c(-c5ccc6c(c5)Oc5cccc7cccc-6c57)c5ccccc45)c3)=CC2C=C1. The van der Waals surface area contributed by atoms with Gasteiger partial charge in [-0.1, -0.05) is 146 Å². The molecule has 0 aromatic heterocycles. The van der Waals surface area contributed by atoms with E-state index in [1.165, 1.54) is 65.7 Å². The van der Waals surface area contributed by atoms with E-state index in [-0.39, 0.29) is 0 Å². The van der Waals surface area contributed by atoms with Gasteiger partial charge in [0.25, 0.3) is 0 Å². The normalized spacial score (nSPS) is 17.4. The Morgan fingerprint density at radius 3 is 1.83 bits per heavy atom. The van der Waals surface area contributed by atoms with Crippen molar-refractivity contribution in [3.05, 3.63) is 175 Å². The number of fused-ring (bicyclic) bond motifs is 5. The molecule has 0 radical (unpaired) electrons. The molecule has 10 rings (SSSR count). The van der Waals surface area contributed by atoms with Crippen LogP contribution in [0.3, 0.4) is 0 Å². The summed E-state index contributed by atoms with van der Waals surface area (Å²) in [6.45, 7) is 0. The predicted molar refractivity (Wildman–Crippen MR) is 198 cm³/mol. The van der Waals surface area contributed by atoms with Crippen molar-refractivity contribution in [1.29, 1.82) is 0 Å². The average Bonchev–Trinajstić information content (AvgIpc) is 3.13. The first-order valence-electron chi connectivity index (χ1n) is 16.4. The molecule has 3 aliphatic rings. The molecule has 1 nitrogen and oxygen atoms in total. The molecule has 0 saturated carbocycles. The predicted octanol–water partition coefficient (Wildman–Crippen LogP) is 12.6. The van der Waals surface area contributed by atoms with Gasteiger partial charge in [0.05, 0.1) is 0 Å². The van der Waals surface area contributed by atoms with E-state index < -0.39 is 0 Å². The first kappa shape index (κ1) is 26.3.